The molecule has 0 aliphatic heterocycles. The summed E-state index contributed by atoms with van der Waals surface area (Å²) < 4.78 is 4.29. The summed E-state index contributed by atoms with van der Waals surface area (Å²) in [7, 11) is 1.14. The molecule has 0 saturated heterocycles. The number of nitrogens with one attached hydrogen (secondary N) is 1. The lowest BCUT2D eigenvalue weighted by Crippen LogP contribution is -2.33. The Kier molecular flexibility index (Phi) is 4.78. The van der Waals surface area contributed by atoms with Gasteiger partial charge in [0.25, 0.3) is 0 Å². The Morgan fingerprint density at radius 2 is 2.00 bits per heavy atom. The topological polar surface area (TPSA) is 55.4 Å². The number of carbonyl (C=O) groups is 2. The van der Waals surface area contributed by atoms with E-state index >= 15 is 0 Å². The first kappa shape index (κ1) is 13.8. The highest BCUT2D eigenvalue weighted by Crippen LogP contribution is 2.25. The zero-order valence-electron chi connectivity index (χ0n) is 9.29. The average molecular weight is 276 g/mol. The quantitative estimate of drug-likeness (QED) is 0.666. The number of amides is 1. The molecule has 1 amide bonds. The summed E-state index contributed by atoms with van der Waals surface area (Å²) >= 11 is 11.7. The lowest BCUT2D eigenvalue weighted by molar-refractivity contribution is -0.153. The van der Waals surface area contributed by atoms with Gasteiger partial charge in [-0.25, -0.2) is 4.79 Å². The van der Waals surface area contributed by atoms with Crippen LogP contribution >= 0.6 is 23.2 Å². The fourth-order valence-corrected chi connectivity index (χ4v) is 1.85. The second-order valence-electron chi connectivity index (χ2n) is 3.35. The molecular weight excluding hydrogens is 265 g/mol. The molecule has 6 heteroatoms. The van der Waals surface area contributed by atoms with Crippen molar-refractivity contribution in [1.29, 1.82) is 0 Å². The van der Waals surface area contributed by atoms with E-state index in [0.717, 1.165) is 7.11 Å². The molecule has 0 aromatic heterocycles. The number of carbonyl (C=O) groups excluding carboxylic acids is 2. The molecule has 1 aromatic carbocycles. The van der Waals surface area contributed by atoms with E-state index in [2.05, 4.69) is 10.1 Å². The number of hydrogen-bond donors (Lipinski definition) is 1. The van der Waals surface area contributed by atoms with E-state index in [1.54, 1.807) is 25.1 Å². The van der Waals surface area contributed by atoms with Gasteiger partial charge in [0.15, 0.2) is 0 Å². The highest BCUT2D eigenvalue weighted by atomic mass is 35.5. The van der Waals surface area contributed by atoms with Gasteiger partial charge >= 0.3 is 11.9 Å². The molecule has 0 aliphatic carbocycles. The van der Waals surface area contributed by atoms with Crippen molar-refractivity contribution in [1.82, 2.24) is 5.32 Å². The summed E-state index contributed by atoms with van der Waals surface area (Å²) in [6.45, 7) is 1.70. The van der Waals surface area contributed by atoms with Gasteiger partial charge in [0.05, 0.1) is 13.2 Å². The molecule has 0 radical (unpaired) electrons. The normalized spacial score (nSPS) is 11.8. The van der Waals surface area contributed by atoms with E-state index < -0.39 is 17.9 Å². The van der Waals surface area contributed by atoms with E-state index in [-0.39, 0.29) is 0 Å². The zero-order valence-corrected chi connectivity index (χ0v) is 10.8. The van der Waals surface area contributed by atoms with Gasteiger partial charge in [0.1, 0.15) is 0 Å². The van der Waals surface area contributed by atoms with Gasteiger partial charge in [-0.15, -0.1) is 0 Å². The molecule has 1 unspecified atom stereocenters. The van der Waals surface area contributed by atoms with Crippen molar-refractivity contribution in [3.63, 3.8) is 0 Å². The molecule has 1 atom stereocenters. The van der Waals surface area contributed by atoms with Crippen molar-refractivity contribution in [3.05, 3.63) is 33.8 Å². The van der Waals surface area contributed by atoms with Gasteiger partial charge in [0.2, 0.25) is 0 Å². The third-order valence-electron chi connectivity index (χ3n) is 2.15. The smallest absolute Gasteiger partial charge is 0.396 e. The fourth-order valence-electron chi connectivity index (χ4n) is 1.28. The summed E-state index contributed by atoms with van der Waals surface area (Å²) in [5.74, 6) is -1.76. The monoisotopic (exact) mass is 275 g/mol. The molecular formula is C11H11Cl2NO3. The molecule has 0 fully saturated rings. The summed E-state index contributed by atoms with van der Waals surface area (Å²) in [5, 5.41) is 3.40. The predicted octanol–water partition coefficient (Wildman–Crippen LogP) is 2.34. The lowest BCUT2D eigenvalue weighted by Gasteiger charge is -2.14. The Labute approximate surface area is 109 Å². The Morgan fingerprint density at radius 3 is 2.53 bits per heavy atom. The van der Waals surface area contributed by atoms with E-state index in [1.165, 1.54) is 0 Å². The van der Waals surface area contributed by atoms with Gasteiger partial charge in [-0.3, -0.25) is 4.79 Å². The van der Waals surface area contributed by atoms with E-state index in [0.29, 0.717) is 15.6 Å². The summed E-state index contributed by atoms with van der Waals surface area (Å²) in [5.41, 5.74) is 0.674. The van der Waals surface area contributed by atoms with Crippen LogP contribution in [0, 0.1) is 0 Å². The minimum atomic E-state index is -0.943. The van der Waals surface area contributed by atoms with Gasteiger partial charge in [0, 0.05) is 10.0 Å². The maximum Gasteiger partial charge on any atom is 0.396 e. The highest BCUT2D eigenvalue weighted by molar-refractivity contribution is 6.35. The summed E-state index contributed by atoms with van der Waals surface area (Å²) in [6, 6.07) is 4.50. The van der Waals surface area contributed by atoms with Crippen LogP contribution in [0.2, 0.25) is 10.0 Å². The summed E-state index contributed by atoms with van der Waals surface area (Å²) in [6.07, 6.45) is 0. The van der Waals surface area contributed by atoms with Crippen molar-refractivity contribution in [2.24, 2.45) is 0 Å². The maximum atomic E-state index is 11.3. The Balaban J connectivity index is 2.80. The van der Waals surface area contributed by atoms with Crippen LogP contribution in [0.4, 0.5) is 0 Å². The van der Waals surface area contributed by atoms with Crippen molar-refractivity contribution in [2.45, 2.75) is 13.0 Å². The van der Waals surface area contributed by atoms with E-state index in [4.69, 9.17) is 23.2 Å². The van der Waals surface area contributed by atoms with Crippen LogP contribution in [0.25, 0.3) is 0 Å². The van der Waals surface area contributed by atoms with Gasteiger partial charge in [-0.2, -0.15) is 0 Å². The van der Waals surface area contributed by atoms with Gasteiger partial charge in [-0.1, -0.05) is 29.3 Å². The molecule has 1 N–H and O–H groups in total. The second kappa shape index (κ2) is 5.89. The number of esters is 1. The molecule has 1 rings (SSSR count). The molecule has 92 valence electrons. The molecule has 0 saturated carbocycles. The van der Waals surface area contributed by atoms with Crippen LogP contribution in [0.3, 0.4) is 0 Å². The third kappa shape index (κ3) is 3.61. The molecule has 4 nitrogen and oxygen atoms in total. The molecule has 0 spiro atoms. The van der Waals surface area contributed by atoms with E-state index in [9.17, 15) is 9.59 Å². The van der Waals surface area contributed by atoms with Crippen LogP contribution in [0.15, 0.2) is 18.2 Å². The lowest BCUT2D eigenvalue weighted by atomic mass is 10.1. The van der Waals surface area contributed by atoms with Gasteiger partial charge in [-0.05, 0) is 24.6 Å². The molecule has 0 bridgehead atoms. The van der Waals surface area contributed by atoms with Crippen LogP contribution < -0.4 is 5.32 Å². The Bertz CT molecular complexity index is 448. The number of benzene rings is 1. The van der Waals surface area contributed by atoms with Crippen molar-refractivity contribution in [3.8, 4) is 0 Å². The first-order valence-corrected chi connectivity index (χ1v) is 5.55. The Hall–Kier alpha value is -1.26. The maximum absolute atomic E-state index is 11.3. The van der Waals surface area contributed by atoms with Crippen molar-refractivity contribution in [2.75, 3.05) is 7.11 Å². The second-order valence-corrected chi connectivity index (χ2v) is 4.20. The predicted molar refractivity (Wildman–Crippen MR) is 65.0 cm³/mol. The van der Waals surface area contributed by atoms with Gasteiger partial charge < -0.3 is 10.1 Å². The first-order chi connectivity index (χ1) is 7.95. The number of rotatable bonds is 2. The minimum absolute atomic E-state index is 0.411. The largest absolute Gasteiger partial charge is 0.462 e. The van der Waals surface area contributed by atoms with Crippen LogP contribution in [-0.4, -0.2) is 19.0 Å². The average Bonchev–Trinajstić information content (AvgIpc) is 2.27. The first-order valence-electron chi connectivity index (χ1n) is 4.79. The molecule has 1 aromatic rings. The van der Waals surface area contributed by atoms with Crippen LogP contribution in [-0.2, 0) is 14.3 Å². The standard InChI is InChI=1S/C11H11Cl2NO3/c1-6(14-10(15)11(16)17-2)8-4-3-7(12)5-9(8)13/h3-6H,1-2H3,(H,14,15). The number of halogens is 2. The third-order valence-corrected chi connectivity index (χ3v) is 2.71. The Morgan fingerprint density at radius 1 is 1.35 bits per heavy atom. The molecule has 0 aliphatic rings. The highest BCUT2D eigenvalue weighted by Gasteiger charge is 2.18. The van der Waals surface area contributed by atoms with E-state index in [1.807, 2.05) is 0 Å². The number of ether oxygens (including phenoxy) is 1. The SMILES string of the molecule is COC(=O)C(=O)NC(C)c1ccc(Cl)cc1Cl. The van der Waals surface area contributed by atoms with Crippen molar-refractivity contribution < 1.29 is 14.3 Å². The van der Waals surface area contributed by atoms with Crippen molar-refractivity contribution >= 4 is 35.1 Å². The molecule has 0 heterocycles. The fraction of sp³-hybridized carbons (Fsp3) is 0.273. The van der Waals surface area contributed by atoms with Crippen LogP contribution in [0.5, 0.6) is 0 Å². The number of methoxy groups -OCH3 is 1. The molecule has 17 heavy (non-hydrogen) atoms. The summed E-state index contributed by atoms with van der Waals surface area (Å²) in [4.78, 5) is 22.2. The number of hydrogen-bond acceptors (Lipinski definition) is 3. The van der Waals surface area contributed by atoms with Crippen LogP contribution in [0.1, 0.15) is 18.5 Å². The zero-order chi connectivity index (χ0) is 13.0. The minimum Gasteiger partial charge on any atom is -0.462 e.